The SMILES string of the molecule is COc1c(NCC(F)(F)C(F)F)sc(C(=O)N(C)C)c1N. The van der Waals surface area contributed by atoms with E-state index in [-0.39, 0.29) is 21.3 Å². The van der Waals surface area contributed by atoms with Crippen LogP contribution in [-0.4, -0.2) is 50.9 Å². The molecule has 0 saturated carbocycles. The number of rotatable bonds is 6. The van der Waals surface area contributed by atoms with E-state index >= 15 is 0 Å². The van der Waals surface area contributed by atoms with Gasteiger partial charge in [0.25, 0.3) is 5.91 Å². The van der Waals surface area contributed by atoms with Gasteiger partial charge in [-0.3, -0.25) is 4.79 Å². The van der Waals surface area contributed by atoms with Gasteiger partial charge in [0, 0.05) is 14.1 Å². The van der Waals surface area contributed by atoms with E-state index in [1.807, 2.05) is 0 Å². The molecular formula is C11H15F4N3O2S. The van der Waals surface area contributed by atoms with E-state index in [0.717, 1.165) is 11.3 Å². The standard InChI is InChI=1S/C11H15F4N3O2S/c1-18(2)9(19)7-5(16)6(20-3)8(21-7)17-4-11(14,15)10(12)13/h10,17H,4,16H2,1-3H3. The number of methoxy groups -OCH3 is 1. The predicted molar refractivity (Wildman–Crippen MR) is 72.7 cm³/mol. The summed E-state index contributed by atoms with van der Waals surface area (Å²) in [5, 5.41) is 2.15. The van der Waals surface area contributed by atoms with Gasteiger partial charge in [0.15, 0.2) is 5.75 Å². The summed E-state index contributed by atoms with van der Waals surface area (Å²) in [6, 6.07) is 0. The predicted octanol–water partition coefficient (Wildman–Crippen LogP) is 2.35. The second-order valence-corrected chi connectivity index (χ2v) is 5.34. The monoisotopic (exact) mass is 329 g/mol. The maximum Gasteiger partial charge on any atom is 0.324 e. The Morgan fingerprint density at radius 2 is 2.05 bits per heavy atom. The van der Waals surface area contributed by atoms with Crippen molar-refractivity contribution in [3.8, 4) is 5.75 Å². The van der Waals surface area contributed by atoms with Gasteiger partial charge in [-0.2, -0.15) is 8.78 Å². The Kier molecular flexibility index (Phi) is 5.26. The lowest BCUT2D eigenvalue weighted by Crippen LogP contribution is -2.34. The van der Waals surface area contributed by atoms with Crippen LogP contribution in [0.25, 0.3) is 0 Å². The Morgan fingerprint density at radius 3 is 2.48 bits per heavy atom. The van der Waals surface area contributed by atoms with Gasteiger partial charge in [-0.25, -0.2) is 8.78 Å². The van der Waals surface area contributed by atoms with Crippen molar-refractivity contribution in [1.82, 2.24) is 4.90 Å². The first-order valence-corrected chi connectivity index (χ1v) is 6.51. The van der Waals surface area contributed by atoms with Crippen LogP contribution in [0.15, 0.2) is 0 Å². The van der Waals surface area contributed by atoms with E-state index < -0.39 is 24.8 Å². The number of nitrogens with one attached hydrogen (secondary N) is 1. The number of anilines is 2. The lowest BCUT2D eigenvalue weighted by Gasteiger charge is -2.16. The van der Waals surface area contributed by atoms with Gasteiger partial charge in [-0.05, 0) is 0 Å². The highest BCUT2D eigenvalue weighted by molar-refractivity contribution is 7.19. The van der Waals surface area contributed by atoms with Gasteiger partial charge in [0.1, 0.15) is 15.6 Å². The summed E-state index contributed by atoms with van der Waals surface area (Å²) >= 11 is 0.769. The molecule has 0 aliphatic heterocycles. The lowest BCUT2D eigenvalue weighted by molar-refractivity contribution is -0.117. The summed E-state index contributed by atoms with van der Waals surface area (Å²) in [6.45, 7) is -1.30. The molecule has 21 heavy (non-hydrogen) atoms. The van der Waals surface area contributed by atoms with Crippen molar-refractivity contribution in [3.63, 3.8) is 0 Å². The molecule has 0 unspecified atom stereocenters. The third-order valence-corrected chi connectivity index (χ3v) is 3.64. The fraction of sp³-hybridized carbons (Fsp3) is 0.545. The zero-order valence-electron chi connectivity index (χ0n) is 11.5. The maximum absolute atomic E-state index is 12.9. The quantitative estimate of drug-likeness (QED) is 0.786. The Balaban J connectivity index is 3.03. The molecule has 3 N–H and O–H groups in total. The number of amides is 1. The van der Waals surface area contributed by atoms with Crippen LogP contribution in [0, 0.1) is 0 Å². The van der Waals surface area contributed by atoms with Crippen LogP contribution in [0.5, 0.6) is 5.75 Å². The molecule has 0 aromatic carbocycles. The van der Waals surface area contributed by atoms with Crippen molar-refractivity contribution in [3.05, 3.63) is 4.88 Å². The fourth-order valence-electron chi connectivity index (χ4n) is 1.39. The third-order valence-electron chi connectivity index (χ3n) is 2.51. The molecule has 1 amide bonds. The molecule has 0 aliphatic rings. The Morgan fingerprint density at radius 1 is 1.48 bits per heavy atom. The fourth-order valence-corrected chi connectivity index (χ4v) is 2.49. The van der Waals surface area contributed by atoms with Crippen LogP contribution in [0.3, 0.4) is 0 Å². The Hall–Kier alpha value is -1.71. The summed E-state index contributed by atoms with van der Waals surface area (Å²) < 4.78 is 55.0. The van der Waals surface area contributed by atoms with Crippen molar-refractivity contribution in [2.75, 3.05) is 38.8 Å². The lowest BCUT2D eigenvalue weighted by atomic mass is 10.3. The maximum atomic E-state index is 12.9. The van der Waals surface area contributed by atoms with Gasteiger partial charge in [0.2, 0.25) is 0 Å². The molecule has 0 radical (unpaired) electrons. The highest BCUT2D eigenvalue weighted by atomic mass is 32.1. The van der Waals surface area contributed by atoms with Gasteiger partial charge < -0.3 is 20.7 Å². The number of thiophene rings is 1. The molecule has 0 bridgehead atoms. The largest absolute Gasteiger partial charge is 0.492 e. The number of carbonyl (C=O) groups excluding carboxylic acids is 1. The van der Waals surface area contributed by atoms with Crippen molar-refractivity contribution < 1.29 is 27.1 Å². The molecule has 0 fully saturated rings. The molecule has 0 atom stereocenters. The van der Waals surface area contributed by atoms with Crippen molar-refractivity contribution in [2.24, 2.45) is 0 Å². The van der Waals surface area contributed by atoms with Crippen LogP contribution in [0.1, 0.15) is 9.67 Å². The number of halogens is 4. The molecule has 0 saturated heterocycles. The van der Waals surface area contributed by atoms with Gasteiger partial charge >= 0.3 is 12.3 Å². The molecule has 5 nitrogen and oxygen atoms in total. The first-order chi connectivity index (χ1) is 9.61. The van der Waals surface area contributed by atoms with Gasteiger partial charge in [-0.1, -0.05) is 0 Å². The van der Waals surface area contributed by atoms with Crippen molar-refractivity contribution in [1.29, 1.82) is 0 Å². The number of hydrogen-bond donors (Lipinski definition) is 2. The minimum Gasteiger partial charge on any atom is -0.492 e. The summed E-state index contributed by atoms with van der Waals surface area (Å²) in [5.41, 5.74) is 5.69. The van der Waals surface area contributed by atoms with Gasteiger partial charge in [-0.15, -0.1) is 11.3 Å². The Bertz CT molecular complexity index is 520. The Labute approximate surface area is 122 Å². The second kappa shape index (κ2) is 6.37. The summed E-state index contributed by atoms with van der Waals surface area (Å²) in [5.74, 6) is -4.66. The molecule has 10 heteroatoms. The van der Waals surface area contributed by atoms with E-state index in [1.165, 1.54) is 26.1 Å². The molecule has 0 spiro atoms. The van der Waals surface area contributed by atoms with Crippen LogP contribution in [-0.2, 0) is 0 Å². The first kappa shape index (κ1) is 17.3. The average Bonchev–Trinajstić information content (AvgIpc) is 2.71. The minimum atomic E-state index is -4.20. The highest BCUT2D eigenvalue weighted by Gasteiger charge is 2.41. The number of hydrogen-bond acceptors (Lipinski definition) is 5. The number of nitrogen functional groups attached to an aromatic ring is 1. The smallest absolute Gasteiger partial charge is 0.324 e. The summed E-state index contributed by atoms with van der Waals surface area (Å²) in [6.07, 6.45) is -3.80. The van der Waals surface area contributed by atoms with E-state index in [9.17, 15) is 22.4 Å². The van der Waals surface area contributed by atoms with E-state index in [2.05, 4.69) is 5.32 Å². The molecule has 1 heterocycles. The van der Waals surface area contributed by atoms with E-state index in [4.69, 9.17) is 10.5 Å². The topological polar surface area (TPSA) is 67.6 Å². The molecular weight excluding hydrogens is 314 g/mol. The zero-order chi connectivity index (χ0) is 16.4. The minimum absolute atomic E-state index is 0.000486. The number of nitrogens with zero attached hydrogens (tertiary/aromatic N) is 1. The van der Waals surface area contributed by atoms with E-state index in [0.29, 0.717) is 0 Å². The van der Waals surface area contributed by atoms with Crippen LogP contribution in [0.4, 0.5) is 28.3 Å². The van der Waals surface area contributed by atoms with Crippen molar-refractivity contribution >= 4 is 27.9 Å². The molecule has 1 aromatic rings. The van der Waals surface area contributed by atoms with E-state index in [1.54, 1.807) is 0 Å². The summed E-state index contributed by atoms with van der Waals surface area (Å²) in [7, 11) is 4.22. The van der Waals surface area contributed by atoms with Gasteiger partial charge in [0.05, 0.1) is 13.7 Å². The normalized spacial score (nSPS) is 11.6. The third kappa shape index (κ3) is 3.69. The number of ether oxygens (including phenoxy) is 1. The van der Waals surface area contributed by atoms with Crippen molar-refractivity contribution in [2.45, 2.75) is 12.3 Å². The van der Waals surface area contributed by atoms with Crippen LogP contribution in [0.2, 0.25) is 0 Å². The highest BCUT2D eigenvalue weighted by Crippen LogP contribution is 2.43. The number of alkyl halides is 4. The summed E-state index contributed by atoms with van der Waals surface area (Å²) in [4.78, 5) is 13.2. The van der Waals surface area contributed by atoms with Crippen LogP contribution < -0.4 is 15.8 Å². The molecule has 0 aliphatic carbocycles. The number of nitrogens with two attached hydrogens (primary N) is 1. The number of carbonyl (C=O) groups is 1. The van der Waals surface area contributed by atoms with Crippen LogP contribution >= 0.6 is 11.3 Å². The first-order valence-electron chi connectivity index (χ1n) is 5.69. The molecule has 1 rings (SSSR count). The molecule has 1 aromatic heterocycles. The second-order valence-electron chi connectivity index (χ2n) is 4.32. The zero-order valence-corrected chi connectivity index (χ0v) is 12.4. The average molecular weight is 329 g/mol. The molecule has 120 valence electrons.